The molecule has 0 aliphatic carbocycles. The third-order valence-corrected chi connectivity index (χ3v) is 3.80. The van der Waals surface area contributed by atoms with Crippen molar-refractivity contribution in [2.24, 2.45) is 5.41 Å². The number of carbonyl (C=O) groups excluding carboxylic acids is 1. The van der Waals surface area contributed by atoms with Gasteiger partial charge < -0.3 is 24.6 Å². The molecule has 134 valence electrons. The van der Waals surface area contributed by atoms with Crippen molar-refractivity contribution in [3.63, 3.8) is 0 Å². The molecule has 1 saturated heterocycles. The summed E-state index contributed by atoms with van der Waals surface area (Å²) in [6.07, 6.45) is -0.468. The second kappa shape index (κ2) is 7.40. The van der Waals surface area contributed by atoms with E-state index in [2.05, 4.69) is 5.32 Å². The van der Waals surface area contributed by atoms with E-state index in [4.69, 9.17) is 14.2 Å². The molecule has 1 aromatic rings. The number of rotatable bonds is 6. The van der Waals surface area contributed by atoms with Crippen molar-refractivity contribution < 1.29 is 24.1 Å². The van der Waals surface area contributed by atoms with Gasteiger partial charge in [0.05, 0.1) is 31.3 Å². The number of nitrogens with one attached hydrogen (secondary N) is 1. The highest BCUT2D eigenvalue weighted by atomic mass is 16.6. The summed E-state index contributed by atoms with van der Waals surface area (Å²) in [6.45, 7) is 8.74. The van der Waals surface area contributed by atoms with E-state index in [0.717, 1.165) is 5.56 Å². The number of para-hydroxylation sites is 1. The lowest BCUT2D eigenvalue weighted by Crippen LogP contribution is -2.50. The lowest BCUT2D eigenvalue weighted by molar-refractivity contribution is -0.153. The quantitative estimate of drug-likeness (QED) is 0.834. The zero-order chi connectivity index (χ0) is 17.8. The maximum Gasteiger partial charge on any atom is 0.408 e. The number of benzene rings is 1. The largest absolute Gasteiger partial charge is 0.492 e. The predicted molar refractivity (Wildman–Crippen MR) is 90.1 cm³/mol. The monoisotopic (exact) mass is 337 g/mol. The van der Waals surface area contributed by atoms with Gasteiger partial charge in [0.1, 0.15) is 18.0 Å². The zero-order valence-electron chi connectivity index (χ0n) is 14.8. The summed E-state index contributed by atoms with van der Waals surface area (Å²) in [5.74, 6) is 0.681. The number of hydrogen-bond acceptors (Lipinski definition) is 5. The van der Waals surface area contributed by atoms with Gasteiger partial charge in [0.15, 0.2) is 0 Å². The van der Waals surface area contributed by atoms with Gasteiger partial charge in [-0.15, -0.1) is 0 Å². The van der Waals surface area contributed by atoms with E-state index in [1.165, 1.54) is 0 Å². The van der Waals surface area contributed by atoms with Gasteiger partial charge >= 0.3 is 6.09 Å². The molecule has 1 aliphatic rings. The van der Waals surface area contributed by atoms with Gasteiger partial charge in [0.2, 0.25) is 0 Å². The van der Waals surface area contributed by atoms with E-state index in [9.17, 15) is 9.90 Å². The van der Waals surface area contributed by atoms with E-state index >= 15 is 0 Å². The third-order valence-electron chi connectivity index (χ3n) is 3.80. The Morgan fingerprint density at radius 1 is 1.38 bits per heavy atom. The van der Waals surface area contributed by atoms with E-state index < -0.39 is 11.7 Å². The van der Waals surface area contributed by atoms with Crippen LogP contribution in [0.5, 0.6) is 5.75 Å². The molecule has 1 heterocycles. The number of amides is 1. The smallest absolute Gasteiger partial charge is 0.408 e. The van der Waals surface area contributed by atoms with Gasteiger partial charge in [0, 0.05) is 5.56 Å². The van der Waals surface area contributed by atoms with Crippen LogP contribution in [0.2, 0.25) is 0 Å². The van der Waals surface area contributed by atoms with Crippen molar-refractivity contribution >= 4 is 6.09 Å². The minimum Gasteiger partial charge on any atom is -0.492 e. The van der Waals surface area contributed by atoms with E-state index in [-0.39, 0.29) is 18.1 Å². The highest BCUT2D eigenvalue weighted by Crippen LogP contribution is 2.31. The van der Waals surface area contributed by atoms with Crippen molar-refractivity contribution in [3.05, 3.63) is 29.8 Å². The van der Waals surface area contributed by atoms with Gasteiger partial charge in [-0.1, -0.05) is 18.2 Å². The van der Waals surface area contributed by atoms with Crippen LogP contribution in [0.25, 0.3) is 0 Å². The minimum absolute atomic E-state index is 0.0286. The summed E-state index contributed by atoms with van der Waals surface area (Å²) in [7, 11) is 0. The molecule has 0 saturated carbocycles. The van der Waals surface area contributed by atoms with Gasteiger partial charge in [-0.25, -0.2) is 4.79 Å². The first-order valence-electron chi connectivity index (χ1n) is 8.15. The van der Waals surface area contributed by atoms with E-state index in [0.29, 0.717) is 25.6 Å². The molecule has 1 fully saturated rings. The Morgan fingerprint density at radius 3 is 2.58 bits per heavy atom. The number of carbonyl (C=O) groups is 1. The van der Waals surface area contributed by atoms with Crippen molar-refractivity contribution in [1.29, 1.82) is 0 Å². The summed E-state index contributed by atoms with van der Waals surface area (Å²) in [5, 5.41) is 12.3. The first-order valence-corrected chi connectivity index (χ1v) is 8.15. The normalized spacial score (nSPS) is 17.5. The number of ether oxygens (including phenoxy) is 3. The number of hydrogen-bond donors (Lipinski definition) is 2. The van der Waals surface area contributed by atoms with Crippen LogP contribution in [0.1, 0.15) is 39.3 Å². The number of aliphatic hydroxyl groups excluding tert-OH is 1. The molecule has 1 atom stereocenters. The van der Waals surface area contributed by atoms with Crippen LogP contribution in [0.3, 0.4) is 0 Å². The zero-order valence-corrected chi connectivity index (χ0v) is 14.8. The van der Waals surface area contributed by atoms with Crippen molar-refractivity contribution in [2.75, 3.05) is 26.4 Å². The van der Waals surface area contributed by atoms with Crippen LogP contribution in [-0.4, -0.2) is 43.2 Å². The summed E-state index contributed by atoms with van der Waals surface area (Å²) in [6, 6.07) is 7.26. The highest BCUT2D eigenvalue weighted by Gasteiger charge is 2.39. The van der Waals surface area contributed by atoms with Crippen LogP contribution in [0.15, 0.2) is 24.3 Å². The van der Waals surface area contributed by atoms with Crippen LogP contribution < -0.4 is 10.1 Å². The molecule has 0 bridgehead atoms. The SMILES string of the molecule is C[C@H](NC(=O)OC(C)(C)C)c1ccccc1OCC1(CO)COC1. The Kier molecular flexibility index (Phi) is 5.72. The van der Waals surface area contributed by atoms with E-state index in [1.807, 2.05) is 52.0 Å². The average Bonchev–Trinajstić information content (AvgIpc) is 2.45. The standard InChI is InChI=1S/C18H27NO5/c1-13(19-16(21)24-17(2,3)4)14-7-5-6-8-15(14)23-12-18(9-20)10-22-11-18/h5-8,13,20H,9-12H2,1-4H3,(H,19,21)/t13-/m0/s1. The maximum absolute atomic E-state index is 11.9. The molecule has 6 heteroatoms. The fourth-order valence-corrected chi connectivity index (χ4v) is 2.37. The summed E-state index contributed by atoms with van der Waals surface area (Å²) in [4.78, 5) is 11.9. The number of aliphatic hydroxyl groups is 1. The topological polar surface area (TPSA) is 77.0 Å². The minimum atomic E-state index is -0.544. The number of alkyl carbamates (subject to hydrolysis) is 1. The molecule has 24 heavy (non-hydrogen) atoms. The molecule has 2 rings (SSSR count). The Hall–Kier alpha value is -1.79. The fourth-order valence-electron chi connectivity index (χ4n) is 2.37. The Balaban J connectivity index is 2.00. The van der Waals surface area contributed by atoms with Crippen LogP contribution in [0, 0.1) is 5.41 Å². The van der Waals surface area contributed by atoms with E-state index in [1.54, 1.807) is 0 Å². The summed E-state index contributed by atoms with van der Waals surface area (Å²) < 4.78 is 16.4. The van der Waals surface area contributed by atoms with Crippen molar-refractivity contribution in [1.82, 2.24) is 5.32 Å². The molecule has 0 unspecified atom stereocenters. The highest BCUT2D eigenvalue weighted by molar-refractivity contribution is 5.68. The molecule has 0 spiro atoms. The Morgan fingerprint density at radius 2 is 2.04 bits per heavy atom. The van der Waals surface area contributed by atoms with Crippen LogP contribution in [-0.2, 0) is 9.47 Å². The fraction of sp³-hybridized carbons (Fsp3) is 0.611. The molecule has 2 N–H and O–H groups in total. The first kappa shape index (κ1) is 18.5. The lowest BCUT2D eigenvalue weighted by atomic mass is 9.88. The Bertz CT molecular complexity index is 557. The Labute approximate surface area is 143 Å². The predicted octanol–water partition coefficient (Wildman–Crippen LogP) is 2.66. The molecule has 6 nitrogen and oxygen atoms in total. The van der Waals surface area contributed by atoms with Crippen molar-refractivity contribution in [3.8, 4) is 5.75 Å². The lowest BCUT2D eigenvalue weighted by Gasteiger charge is -2.39. The summed E-state index contributed by atoms with van der Waals surface area (Å²) in [5.41, 5.74) is -0.0105. The second-order valence-electron chi connectivity index (χ2n) is 7.35. The molecule has 0 aromatic heterocycles. The van der Waals surface area contributed by atoms with Gasteiger partial charge in [-0.2, -0.15) is 0 Å². The second-order valence-corrected chi connectivity index (χ2v) is 7.35. The average molecular weight is 337 g/mol. The van der Waals surface area contributed by atoms with Gasteiger partial charge in [-0.05, 0) is 33.8 Å². The van der Waals surface area contributed by atoms with Crippen molar-refractivity contribution in [2.45, 2.75) is 39.3 Å². The van der Waals surface area contributed by atoms with Gasteiger partial charge in [-0.3, -0.25) is 0 Å². The van der Waals surface area contributed by atoms with Crippen LogP contribution >= 0.6 is 0 Å². The molecule has 1 aliphatic heterocycles. The molecule has 0 radical (unpaired) electrons. The molecule has 1 amide bonds. The van der Waals surface area contributed by atoms with Crippen LogP contribution in [0.4, 0.5) is 4.79 Å². The first-order chi connectivity index (χ1) is 11.2. The third kappa shape index (κ3) is 4.85. The molecular formula is C18H27NO5. The maximum atomic E-state index is 11.9. The molecule has 1 aromatic carbocycles. The molecular weight excluding hydrogens is 310 g/mol. The summed E-state index contributed by atoms with van der Waals surface area (Å²) >= 11 is 0. The van der Waals surface area contributed by atoms with Gasteiger partial charge in [0.25, 0.3) is 0 Å².